The quantitative estimate of drug-likeness (QED) is 0.367. The predicted octanol–water partition coefficient (Wildman–Crippen LogP) is 2.38. The smallest absolute Gasteiger partial charge is 0.310 e. The van der Waals surface area contributed by atoms with Crippen molar-refractivity contribution in [2.45, 2.75) is 6.42 Å². The minimum atomic E-state index is -0.587. The molecule has 0 heterocycles. The predicted molar refractivity (Wildman–Crippen MR) is 102 cm³/mol. The Labute approximate surface area is 161 Å². The summed E-state index contributed by atoms with van der Waals surface area (Å²) in [6, 6.07) is 12.3. The van der Waals surface area contributed by atoms with Gasteiger partial charge in [0.15, 0.2) is 12.4 Å². The molecule has 0 aliphatic carbocycles. The average Bonchev–Trinajstić information content (AvgIpc) is 2.70. The van der Waals surface area contributed by atoms with Crippen molar-refractivity contribution in [3.63, 3.8) is 0 Å². The van der Waals surface area contributed by atoms with Gasteiger partial charge in [-0.25, -0.2) is 0 Å². The zero-order valence-corrected chi connectivity index (χ0v) is 15.3. The summed E-state index contributed by atoms with van der Waals surface area (Å²) in [5, 5.41) is 16.3. The Bertz CT molecular complexity index is 840. The van der Waals surface area contributed by atoms with E-state index in [1.54, 1.807) is 37.4 Å². The van der Waals surface area contributed by atoms with Crippen LogP contribution in [0.5, 0.6) is 5.75 Å². The van der Waals surface area contributed by atoms with Crippen molar-refractivity contribution < 1.29 is 24.0 Å². The summed E-state index contributed by atoms with van der Waals surface area (Å²) in [4.78, 5) is 34.9. The number of para-hydroxylation sites is 3. The lowest BCUT2D eigenvalue weighted by atomic mass is 10.1. The second-order valence-electron chi connectivity index (χ2n) is 5.71. The first kappa shape index (κ1) is 20.8. The third-order valence-electron chi connectivity index (χ3n) is 3.68. The number of anilines is 1. The molecule has 0 saturated carbocycles. The molecule has 0 radical (unpaired) electrons. The van der Waals surface area contributed by atoms with Gasteiger partial charge in [-0.2, -0.15) is 0 Å². The lowest BCUT2D eigenvalue weighted by Crippen LogP contribution is -2.27. The first-order valence-electron chi connectivity index (χ1n) is 8.55. The highest BCUT2D eigenvalue weighted by Gasteiger charge is 2.16. The molecule has 0 aliphatic heterocycles. The van der Waals surface area contributed by atoms with Crippen LogP contribution in [0.2, 0.25) is 0 Å². The fraction of sp³-hybridized carbons (Fsp3) is 0.263. The van der Waals surface area contributed by atoms with Crippen molar-refractivity contribution in [1.82, 2.24) is 5.32 Å². The molecule has 0 aliphatic rings. The maximum atomic E-state index is 12.3. The number of hydrogen-bond donors (Lipinski definition) is 2. The van der Waals surface area contributed by atoms with E-state index >= 15 is 0 Å². The van der Waals surface area contributed by atoms with Gasteiger partial charge >= 0.3 is 5.69 Å². The number of rotatable bonds is 10. The van der Waals surface area contributed by atoms with E-state index in [-0.39, 0.29) is 17.3 Å². The van der Waals surface area contributed by atoms with Crippen LogP contribution in [0.3, 0.4) is 0 Å². The minimum Gasteiger partial charge on any atom is -0.477 e. The van der Waals surface area contributed by atoms with E-state index in [0.29, 0.717) is 30.8 Å². The maximum Gasteiger partial charge on any atom is 0.310 e. The molecule has 9 nitrogen and oxygen atoms in total. The molecular weight excluding hydrogens is 366 g/mol. The number of benzene rings is 2. The Morgan fingerprint density at radius 3 is 2.57 bits per heavy atom. The van der Waals surface area contributed by atoms with Gasteiger partial charge in [0.05, 0.1) is 16.2 Å². The van der Waals surface area contributed by atoms with E-state index in [0.717, 1.165) is 0 Å². The summed E-state index contributed by atoms with van der Waals surface area (Å²) < 4.78 is 10.2. The van der Waals surface area contributed by atoms with Crippen molar-refractivity contribution in [2.75, 3.05) is 32.2 Å². The number of carbonyl (C=O) groups is 2. The van der Waals surface area contributed by atoms with E-state index in [9.17, 15) is 19.7 Å². The number of nitro groups is 1. The number of nitrogens with one attached hydrogen (secondary N) is 2. The lowest BCUT2D eigenvalue weighted by molar-refractivity contribution is -0.385. The van der Waals surface area contributed by atoms with E-state index in [4.69, 9.17) is 9.47 Å². The molecule has 2 N–H and O–H groups in total. The van der Waals surface area contributed by atoms with Gasteiger partial charge in [-0.15, -0.1) is 0 Å². The van der Waals surface area contributed by atoms with Gasteiger partial charge in [-0.05, 0) is 24.6 Å². The molecular formula is C19H21N3O6. The second-order valence-corrected chi connectivity index (χ2v) is 5.71. The number of carbonyl (C=O) groups excluding carboxylic acids is 2. The van der Waals surface area contributed by atoms with Gasteiger partial charge in [0.25, 0.3) is 11.8 Å². The molecule has 0 unspecified atom stereocenters. The normalized spacial score (nSPS) is 10.2. The molecule has 0 aromatic heterocycles. The van der Waals surface area contributed by atoms with Gasteiger partial charge in [0, 0.05) is 26.3 Å². The van der Waals surface area contributed by atoms with Crippen molar-refractivity contribution in [2.24, 2.45) is 0 Å². The molecule has 2 aromatic rings. The van der Waals surface area contributed by atoms with Crippen molar-refractivity contribution in [1.29, 1.82) is 0 Å². The summed E-state index contributed by atoms with van der Waals surface area (Å²) in [6.07, 6.45) is 0.667. The Balaban J connectivity index is 1.97. The highest BCUT2D eigenvalue weighted by atomic mass is 16.6. The minimum absolute atomic E-state index is 0.00757. The molecule has 0 atom stereocenters. The summed E-state index contributed by atoms with van der Waals surface area (Å²) >= 11 is 0. The molecule has 2 amide bonds. The third-order valence-corrected chi connectivity index (χ3v) is 3.68. The SMILES string of the molecule is COCCCNC(=O)c1ccccc1NC(=O)COc1ccccc1[N+](=O)[O-]. The summed E-state index contributed by atoms with van der Waals surface area (Å²) in [5.41, 5.74) is 0.396. The molecule has 2 aromatic carbocycles. The molecule has 0 saturated heterocycles. The number of amides is 2. The topological polar surface area (TPSA) is 120 Å². The van der Waals surface area contributed by atoms with Crippen LogP contribution >= 0.6 is 0 Å². The molecule has 148 valence electrons. The molecule has 2 rings (SSSR count). The standard InChI is InChI=1S/C19H21N3O6/c1-27-12-6-11-20-19(24)14-7-2-3-8-15(14)21-18(23)13-28-17-10-5-4-9-16(17)22(25)26/h2-5,7-10H,6,11-13H2,1H3,(H,20,24)(H,21,23). The molecule has 0 fully saturated rings. The monoisotopic (exact) mass is 387 g/mol. The lowest BCUT2D eigenvalue weighted by Gasteiger charge is -2.12. The van der Waals surface area contributed by atoms with Gasteiger partial charge in [0.1, 0.15) is 0 Å². The highest BCUT2D eigenvalue weighted by Crippen LogP contribution is 2.25. The van der Waals surface area contributed by atoms with Gasteiger partial charge < -0.3 is 20.1 Å². The van der Waals surface area contributed by atoms with E-state index < -0.39 is 17.4 Å². The summed E-state index contributed by atoms with van der Waals surface area (Å²) in [6.45, 7) is 0.534. The third kappa shape index (κ3) is 6.06. The van der Waals surface area contributed by atoms with Crippen molar-refractivity contribution in [3.8, 4) is 5.75 Å². The fourth-order valence-electron chi connectivity index (χ4n) is 2.36. The molecule has 0 spiro atoms. The van der Waals surface area contributed by atoms with Crippen LogP contribution in [-0.2, 0) is 9.53 Å². The average molecular weight is 387 g/mol. The number of hydrogen-bond acceptors (Lipinski definition) is 6. The maximum absolute atomic E-state index is 12.3. The Morgan fingerprint density at radius 1 is 1.11 bits per heavy atom. The van der Waals surface area contributed by atoms with E-state index in [1.165, 1.54) is 18.2 Å². The van der Waals surface area contributed by atoms with Gasteiger partial charge in [-0.3, -0.25) is 19.7 Å². The number of ether oxygens (including phenoxy) is 2. The van der Waals surface area contributed by atoms with E-state index in [1.807, 2.05) is 0 Å². The van der Waals surface area contributed by atoms with Crippen molar-refractivity contribution in [3.05, 3.63) is 64.2 Å². The number of methoxy groups -OCH3 is 1. The highest BCUT2D eigenvalue weighted by molar-refractivity contribution is 6.04. The van der Waals surface area contributed by atoms with Crippen LogP contribution in [0.4, 0.5) is 11.4 Å². The Morgan fingerprint density at radius 2 is 1.82 bits per heavy atom. The largest absolute Gasteiger partial charge is 0.477 e. The van der Waals surface area contributed by atoms with Crippen LogP contribution in [0.1, 0.15) is 16.8 Å². The molecule has 28 heavy (non-hydrogen) atoms. The zero-order chi connectivity index (χ0) is 20.4. The van der Waals surface area contributed by atoms with Crippen LogP contribution < -0.4 is 15.4 Å². The van der Waals surface area contributed by atoms with Crippen LogP contribution in [0.15, 0.2) is 48.5 Å². The fourth-order valence-corrected chi connectivity index (χ4v) is 2.36. The van der Waals surface area contributed by atoms with E-state index in [2.05, 4.69) is 10.6 Å². The Kier molecular flexibility index (Phi) is 7.92. The molecule has 9 heteroatoms. The number of nitrogens with zero attached hydrogens (tertiary/aromatic N) is 1. The summed E-state index contributed by atoms with van der Waals surface area (Å²) in [7, 11) is 1.58. The second kappa shape index (κ2) is 10.6. The summed E-state index contributed by atoms with van der Waals surface area (Å²) in [5.74, 6) is -0.878. The molecule has 0 bridgehead atoms. The first-order chi connectivity index (χ1) is 13.5. The zero-order valence-electron chi connectivity index (χ0n) is 15.3. The Hall–Kier alpha value is -3.46. The van der Waals surface area contributed by atoms with Crippen LogP contribution in [0.25, 0.3) is 0 Å². The van der Waals surface area contributed by atoms with Gasteiger partial charge in [0.2, 0.25) is 0 Å². The van der Waals surface area contributed by atoms with Crippen LogP contribution in [-0.4, -0.2) is 43.6 Å². The number of nitro benzene ring substituents is 1. The first-order valence-corrected chi connectivity index (χ1v) is 8.55. The van der Waals surface area contributed by atoms with Gasteiger partial charge in [-0.1, -0.05) is 24.3 Å². The van der Waals surface area contributed by atoms with Crippen molar-refractivity contribution >= 4 is 23.2 Å². The van der Waals surface area contributed by atoms with Crippen LogP contribution in [0, 0.1) is 10.1 Å².